The molecule has 0 aromatic heterocycles. The molecular formula is C20H34IN5OS. The van der Waals surface area contributed by atoms with E-state index in [1.807, 2.05) is 45.2 Å². The van der Waals surface area contributed by atoms with Gasteiger partial charge in [0.15, 0.2) is 5.96 Å². The lowest BCUT2D eigenvalue weighted by atomic mass is 10.1. The fourth-order valence-electron chi connectivity index (χ4n) is 2.92. The van der Waals surface area contributed by atoms with Crippen LogP contribution in [0.1, 0.15) is 33.3 Å². The SMILES string of the molecule is CN=C(NCc1ccc(NC(=O)NC(C)C)cc1)N1CCSC(C(C)C)C1.I. The number of benzene rings is 1. The highest BCUT2D eigenvalue weighted by atomic mass is 127. The summed E-state index contributed by atoms with van der Waals surface area (Å²) in [4.78, 5) is 18.6. The van der Waals surface area contributed by atoms with Gasteiger partial charge in [0.2, 0.25) is 0 Å². The summed E-state index contributed by atoms with van der Waals surface area (Å²) in [5.74, 6) is 2.77. The van der Waals surface area contributed by atoms with Crippen molar-refractivity contribution < 1.29 is 4.79 Å². The number of amides is 2. The van der Waals surface area contributed by atoms with Gasteiger partial charge in [-0.05, 0) is 37.5 Å². The fourth-order valence-corrected chi connectivity index (χ4v) is 4.22. The number of nitrogens with one attached hydrogen (secondary N) is 3. The first-order valence-corrected chi connectivity index (χ1v) is 10.7. The Labute approximate surface area is 190 Å². The molecule has 0 spiro atoms. The molecule has 1 unspecified atom stereocenters. The molecule has 1 atom stereocenters. The smallest absolute Gasteiger partial charge is 0.319 e. The van der Waals surface area contributed by atoms with Crippen LogP contribution < -0.4 is 16.0 Å². The van der Waals surface area contributed by atoms with Gasteiger partial charge in [0.05, 0.1) is 0 Å². The van der Waals surface area contributed by atoms with Crippen molar-refractivity contribution in [3.8, 4) is 0 Å². The number of aliphatic imine (C=N–C) groups is 1. The minimum Gasteiger partial charge on any atom is -0.352 e. The van der Waals surface area contributed by atoms with Gasteiger partial charge in [0, 0.05) is 49.4 Å². The van der Waals surface area contributed by atoms with Gasteiger partial charge in [0.25, 0.3) is 0 Å². The van der Waals surface area contributed by atoms with E-state index in [0.29, 0.717) is 17.7 Å². The molecule has 2 amide bonds. The highest BCUT2D eigenvalue weighted by Gasteiger charge is 2.24. The number of carbonyl (C=O) groups excluding carboxylic acids is 1. The second kappa shape index (κ2) is 12.4. The standard InChI is InChI=1S/C20H33N5OS.HI/c1-14(2)18-13-25(10-11-27-18)19(21-5)22-12-16-6-8-17(9-7-16)24-20(26)23-15(3)4;/h6-9,14-15,18H,10-13H2,1-5H3,(H,21,22)(H2,23,24,26);1H. The van der Waals surface area contributed by atoms with Gasteiger partial charge in [-0.25, -0.2) is 4.79 Å². The van der Waals surface area contributed by atoms with Crippen LogP contribution in [0.2, 0.25) is 0 Å². The zero-order chi connectivity index (χ0) is 19.8. The van der Waals surface area contributed by atoms with Crippen molar-refractivity contribution in [2.75, 3.05) is 31.2 Å². The molecule has 28 heavy (non-hydrogen) atoms. The van der Waals surface area contributed by atoms with Gasteiger partial charge in [-0.15, -0.1) is 24.0 Å². The first-order chi connectivity index (χ1) is 12.9. The second-order valence-corrected chi connectivity index (χ2v) is 8.80. The molecule has 1 aliphatic heterocycles. The predicted molar refractivity (Wildman–Crippen MR) is 132 cm³/mol. The Bertz CT molecular complexity index is 636. The second-order valence-electron chi connectivity index (χ2n) is 7.45. The van der Waals surface area contributed by atoms with E-state index in [-0.39, 0.29) is 36.0 Å². The number of nitrogens with zero attached hydrogens (tertiary/aromatic N) is 2. The lowest BCUT2D eigenvalue weighted by Crippen LogP contribution is -2.48. The molecule has 2 rings (SSSR count). The van der Waals surface area contributed by atoms with E-state index in [9.17, 15) is 4.79 Å². The van der Waals surface area contributed by atoms with Crippen molar-refractivity contribution >= 4 is 53.4 Å². The molecule has 8 heteroatoms. The maximum absolute atomic E-state index is 11.8. The summed E-state index contributed by atoms with van der Waals surface area (Å²) in [6, 6.07) is 7.82. The maximum atomic E-state index is 11.8. The zero-order valence-corrected chi connectivity index (χ0v) is 20.6. The Morgan fingerprint density at radius 1 is 1.25 bits per heavy atom. The Kier molecular flexibility index (Phi) is 11.0. The first kappa shape index (κ1) is 24.9. The monoisotopic (exact) mass is 519 g/mol. The number of guanidine groups is 1. The van der Waals surface area contributed by atoms with Gasteiger partial charge in [0.1, 0.15) is 0 Å². The molecular weight excluding hydrogens is 485 g/mol. The lowest BCUT2D eigenvalue weighted by Gasteiger charge is -2.36. The normalized spacial score (nSPS) is 17.3. The highest BCUT2D eigenvalue weighted by molar-refractivity contribution is 14.0. The summed E-state index contributed by atoms with van der Waals surface area (Å²) in [5.41, 5.74) is 1.94. The highest BCUT2D eigenvalue weighted by Crippen LogP contribution is 2.24. The maximum Gasteiger partial charge on any atom is 0.319 e. The number of thioether (sulfide) groups is 1. The van der Waals surface area contributed by atoms with Crippen molar-refractivity contribution in [3.63, 3.8) is 0 Å². The molecule has 0 radical (unpaired) electrons. The van der Waals surface area contributed by atoms with Crippen LogP contribution in [0.25, 0.3) is 0 Å². The van der Waals surface area contributed by atoms with Crippen LogP contribution in [0.5, 0.6) is 0 Å². The van der Waals surface area contributed by atoms with Crippen molar-refractivity contribution in [1.29, 1.82) is 0 Å². The summed E-state index contributed by atoms with van der Waals surface area (Å²) < 4.78 is 0. The van der Waals surface area contributed by atoms with Gasteiger partial charge in [-0.1, -0.05) is 26.0 Å². The molecule has 0 bridgehead atoms. The molecule has 1 aliphatic rings. The predicted octanol–water partition coefficient (Wildman–Crippen LogP) is 3.98. The van der Waals surface area contributed by atoms with Gasteiger partial charge >= 0.3 is 6.03 Å². The third-order valence-corrected chi connectivity index (χ3v) is 5.97. The Morgan fingerprint density at radius 3 is 2.50 bits per heavy atom. The van der Waals surface area contributed by atoms with Gasteiger partial charge in [-0.2, -0.15) is 11.8 Å². The molecule has 158 valence electrons. The number of halogens is 1. The minimum absolute atomic E-state index is 0. The Balaban J connectivity index is 0.00000392. The van der Waals surface area contributed by atoms with E-state index >= 15 is 0 Å². The summed E-state index contributed by atoms with van der Waals surface area (Å²) >= 11 is 2.06. The van der Waals surface area contributed by atoms with E-state index in [1.165, 1.54) is 0 Å². The average molecular weight is 519 g/mol. The number of rotatable bonds is 5. The van der Waals surface area contributed by atoms with E-state index < -0.39 is 0 Å². The van der Waals surface area contributed by atoms with Crippen LogP contribution in [0.15, 0.2) is 29.3 Å². The number of carbonyl (C=O) groups is 1. The largest absolute Gasteiger partial charge is 0.352 e. The number of anilines is 1. The van der Waals surface area contributed by atoms with E-state index in [2.05, 4.69) is 51.5 Å². The Morgan fingerprint density at radius 2 is 1.93 bits per heavy atom. The van der Waals surface area contributed by atoms with E-state index in [0.717, 1.165) is 36.1 Å². The number of hydrogen-bond donors (Lipinski definition) is 3. The van der Waals surface area contributed by atoms with E-state index in [4.69, 9.17) is 0 Å². The summed E-state index contributed by atoms with van der Waals surface area (Å²) in [5, 5.41) is 9.78. The van der Waals surface area contributed by atoms with Crippen molar-refractivity contribution in [1.82, 2.24) is 15.5 Å². The molecule has 1 saturated heterocycles. The van der Waals surface area contributed by atoms with Gasteiger partial charge < -0.3 is 20.9 Å². The summed E-state index contributed by atoms with van der Waals surface area (Å²) in [7, 11) is 1.84. The fraction of sp³-hybridized carbons (Fsp3) is 0.600. The average Bonchev–Trinajstić information content (AvgIpc) is 2.63. The molecule has 3 N–H and O–H groups in total. The lowest BCUT2D eigenvalue weighted by molar-refractivity contribution is 0.250. The first-order valence-electron chi connectivity index (χ1n) is 9.62. The third-order valence-electron chi connectivity index (χ3n) is 4.43. The Hall–Kier alpha value is -1.16. The van der Waals surface area contributed by atoms with E-state index in [1.54, 1.807) is 0 Å². The zero-order valence-electron chi connectivity index (χ0n) is 17.5. The quantitative estimate of drug-likeness (QED) is 0.313. The molecule has 1 fully saturated rings. The van der Waals surface area contributed by atoms with Crippen LogP contribution in [-0.2, 0) is 6.54 Å². The summed E-state index contributed by atoms with van der Waals surface area (Å²) in [6.45, 7) is 11.2. The number of urea groups is 1. The molecule has 0 aliphatic carbocycles. The van der Waals surface area contributed by atoms with Crippen LogP contribution in [-0.4, -0.2) is 54.1 Å². The molecule has 1 aromatic rings. The van der Waals surface area contributed by atoms with Crippen LogP contribution in [0, 0.1) is 5.92 Å². The van der Waals surface area contributed by atoms with Crippen molar-refractivity contribution in [2.24, 2.45) is 10.9 Å². The van der Waals surface area contributed by atoms with Crippen molar-refractivity contribution in [2.45, 2.75) is 45.5 Å². The van der Waals surface area contributed by atoms with Crippen molar-refractivity contribution in [3.05, 3.63) is 29.8 Å². The van der Waals surface area contributed by atoms with Crippen LogP contribution in [0.4, 0.5) is 10.5 Å². The molecule has 1 aromatic carbocycles. The molecule has 6 nitrogen and oxygen atoms in total. The van der Waals surface area contributed by atoms with Gasteiger partial charge in [-0.3, -0.25) is 4.99 Å². The molecule has 0 saturated carbocycles. The van der Waals surface area contributed by atoms with Crippen LogP contribution >= 0.6 is 35.7 Å². The minimum atomic E-state index is -0.182. The third kappa shape index (κ3) is 8.06. The number of hydrogen-bond acceptors (Lipinski definition) is 3. The molecule has 1 heterocycles. The summed E-state index contributed by atoms with van der Waals surface area (Å²) in [6.07, 6.45) is 0. The topological polar surface area (TPSA) is 68.8 Å². The van der Waals surface area contributed by atoms with Crippen LogP contribution in [0.3, 0.4) is 0 Å².